The lowest BCUT2D eigenvalue weighted by molar-refractivity contribution is 0.484. The molecule has 9 heteroatoms. The van der Waals surface area contributed by atoms with Gasteiger partial charge in [0.1, 0.15) is 5.66 Å². The molecule has 0 bridgehead atoms. The Morgan fingerprint density at radius 2 is 1.44 bits per heavy atom. The lowest BCUT2D eigenvalue weighted by atomic mass is 10.0. The van der Waals surface area contributed by atoms with Crippen LogP contribution in [0.25, 0.3) is 0 Å². The zero-order valence-electron chi connectivity index (χ0n) is 18.9. The molecule has 174 valence electrons. The Morgan fingerprint density at radius 3 is 1.91 bits per heavy atom. The van der Waals surface area contributed by atoms with E-state index in [-0.39, 0.29) is 11.7 Å². The number of unbranched alkanes of at least 4 members (excludes halogenated alkanes) is 1. The Labute approximate surface area is 190 Å². The van der Waals surface area contributed by atoms with Gasteiger partial charge in [0.25, 0.3) is 10.1 Å². The van der Waals surface area contributed by atoms with Gasteiger partial charge >= 0.3 is 0 Å². The Bertz CT molecular complexity index is 1030. The van der Waals surface area contributed by atoms with Gasteiger partial charge in [-0.05, 0) is 69.7 Å². The molecule has 5 N–H and O–H groups in total. The molecule has 3 rings (SSSR count). The normalized spacial score (nSPS) is 15.3. The molecule has 32 heavy (non-hydrogen) atoms. The van der Waals surface area contributed by atoms with E-state index >= 15 is 0 Å². The van der Waals surface area contributed by atoms with E-state index in [0.29, 0.717) is 5.96 Å². The molecule has 0 saturated heterocycles. The average molecular weight is 460 g/mol. The first-order valence-electron chi connectivity index (χ1n) is 10.6. The highest BCUT2D eigenvalue weighted by Gasteiger charge is 2.32. The summed E-state index contributed by atoms with van der Waals surface area (Å²) in [7, 11) is -3.66. The maximum absolute atomic E-state index is 9.56. The van der Waals surface area contributed by atoms with Gasteiger partial charge in [-0.3, -0.25) is 9.45 Å². The average Bonchev–Trinajstić information content (AvgIpc) is 2.71. The van der Waals surface area contributed by atoms with Gasteiger partial charge in [0.15, 0.2) is 0 Å². The number of anilines is 1. The summed E-state index contributed by atoms with van der Waals surface area (Å²) in [5.41, 5.74) is 15.0. The van der Waals surface area contributed by atoms with Crippen LogP contribution in [0.3, 0.4) is 0 Å². The molecule has 0 aromatic heterocycles. The van der Waals surface area contributed by atoms with Gasteiger partial charge in [0, 0.05) is 5.69 Å². The topological polar surface area (TPSA) is 134 Å². The van der Waals surface area contributed by atoms with Crippen LogP contribution in [0.1, 0.15) is 44.7 Å². The zero-order chi connectivity index (χ0) is 23.8. The van der Waals surface area contributed by atoms with Crippen molar-refractivity contribution in [2.24, 2.45) is 21.5 Å². The molecule has 0 spiro atoms. The van der Waals surface area contributed by atoms with E-state index in [1.54, 1.807) is 0 Å². The lowest BCUT2D eigenvalue weighted by Crippen LogP contribution is -2.54. The minimum atomic E-state index is -3.66. The van der Waals surface area contributed by atoms with Gasteiger partial charge in [-0.2, -0.15) is 13.4 Å². The van der Waals surface area contributed by atoms with Gasteiger partial charge in [0.2, 0.25) is 11.9 Å². The van der Waals surface area contributed by atoms with E-state index in [2.05, 4.69) is 64.6 Å². The molecule has 1 aliphatic heterocycles. The molecule has 1 aliphatic rings. The molecule has 2 aromatic carbocycles. The molecule has 0 atom stereocenters. The van der Waals surface area contributed by atoms with Crippen molar-refractivity contribution in [2.75, 3.05) is 10.7 Å². The number of benzene rings is 2. The largest absolute Gasteiger partial charge is 0.369 e. The van der Waals surface area contributed by atoms with Crippen molar-refractivity contribution in [1.82, 2.24) is 0 Å². The highest BCUT2D eigenvalue weighted by molar-refractivity contribution is 7.85. The SMILES string of the molecule is CC1(C)N=C(N)N=C(N)N1c1ccc(CCCCc2ccccc2)cc1.CCS(=O)(=O)O. The summed E-state index contributed by atoms with van der Waals surface area (Å²) in [6.45, 7) is 5.31. The van der Waals surface area contributed by atoms with Gasteiger partial charge in [-0.1, -0.05) is 42.5 Å². The van der Waals surface area contributed by atoms with Crippen LogP contribution in [0.4, 0.5) is 5.69 Å². The second-order valence-electron chi connectivity index (χ2n) is 8.00. The lowest BCUT2D eigenvalue weighted by Gasteiger charge is -2.38. The fourth-order valence-corrected chi connectivity index (χ4v) is 3.37. The summed E-state index contributed by atoms with van der Waals surface area (Å²) in [5.74, 6) is 0.393. The smallest absolute Gasteiger partial charge is 0.264 e. The summed E-state index contributed by atoms with van der Waals surface area (Å²) in [6, 6.07) is 19.1. The fourth-order valence-electron chi connectivity index (χ4n) is 3.37. The molecule has 0 saturated carbocycles. The molecular weight excluding hydrogens is 426 g/mol. The third-order valence-corrected chi connectivity index (χ3v) is 5.71. The van der Waals surface area contributed by atoms with Crippen molar-refractivity contribution >= 4 is 27.7 Å². The summed E-state index contributed by atoms with van der Waals surface area (Å²) in [5, 5.41) is 0. The standard InChI is InChI=1S/C21H27N5.C2H6O3S/c1-21(2)25-19(22)24-20(23)26(21)18-14-12-17(13-15-18)11-7-6-10-16-8-4-3-5-9-16;1-2-6(3,4)5/h3-5,8-9,12-15H,6-7,10-11H2,1-2H3,(H4,22,23,24,25);2H2,1H3,(H,3,4,5). The fraction of sp³-hybridized carbons (Fsp3) is 0.391. The summed E-state index contributed by atoms with van der Waals surface area (Å²) in [6.07, 6.45) is 4.57. The molecule has 0 unspecified atom stereocenters. The highest BCUT2D eigenvalue weighted by atomic mass is 32.2. The molecule has 0 fully saturated rings. The first-order valence-corrected chi connectivity index (χ1v) is 12.2. The number of nitrogens with zero attached hydrogens (tertiary/aromatic N) is 3. The Kier molecular flexibility index (Phi) is 8.80. The number of hydrogen-bond donors (Lipinski definition) is 3. The monoisotopic (exact) mass is 459 g/mol. The minimum absolute atomic E-state index is 0.201. The second kappa shape index (κ2) is 11.1. The third-order valence-electron chi connectivity index (χ3n) is 4.98. The van der Waals surface area contributed by atoms with Crippen molar-refractivity contribution in [3.63, 3.8) is 0 Å². The molecular formula is C23H33N5O3S. The van der Waals surface area contributed by atoms with E-state index in [0.717, 1.165) is 18.5 Å². The quantitative estimate of drug-likeness (QED) is 0.429. The number of nitrogens with two attached hydrogens (primary N) is 2. The van der Waals surface area contributed by atoms with Crippen molar-refractivity contribution < 1.29 is 13.0 Å². The van der Waals surface area contributed by atoms with E-state index in [9.17, 15) is 8.42 Å². The van der Waals surface area contributed by atoms with Gasteiger partial charge in [-0.15, -0.1) is 0 Å². The van der Waals surface area contributed by atoms with Crippen LogP contribution in [0.2, 0.25) is 0 Å². The molecule has 1 heterocycles. The maximum atomic E-state index is 9.56. The number of aryl methyl sites for hydroxylation is 2. The summed E-state index contributed by atoms with van der Waals surface area (Å²) < 4.78 is 26.9. The summed E-state index contributed by atoms with van der Waals surface area (Å²) >= 11 is 0. The van der Waals surface area contributed by atoms with E-state index < -0.39 is 15.8 Å². The van der Waals surface area contributed by atoms with Crippen LogP contribution in [0, 0.1) is 0 Å². The predicted octanol–water partition coefficient (Wildman–Crippen LogP) is 3.33. The van der Waals surface area contributed by atoms with Gasteiger partial charge in [-0.25, -0.2) is 4.99 Å². The number of hydrogen-bond acceptors (Lipinski definition) is 7. The second-order valence-corrected chi connectivity index (χ2v) is 9.74. The van der Waals surface area contributed by atoms with E-state index in [1.807, 2.05) is 18.7 Å². The van der Waals surface area contributed by atoms with Gasteiger partial charge < -0.3 is 11.5 Å². The number of aliphatic imine (C=N–C) groups is 2. The van der Waals surface area contributed by atoms with E-state index in [1.165, 1.54) is 30.9 Å². The van der Waals surface area contributed by atoms with Gasteiger partial charge in [0.05, 0.1) is 5.75 Å². The van der Waals surface area contributed by atoms with Crippen LogP contribution in [0.5, 0.6) is 0 Å². The Hall–Kier alpha value is -2.91. The van der Waals surface area contributed by atoms with Crippen molar-refractivity contribution in [3.05, 3.63) is 65.7 Å². The van der Waals surface area contributed by atoms with E-state index in [4.69, 9.17) is 16.0 Å². The molecule has 8 nitrogen and oxygen atoms in total. The highest BCUT2D eigenvalue weighted by Crippen LogP contribution is 2.27. The molecule has 0 aliphatic carbocycles. The minimum Gasteiger partial charge on any atom is -0.369 e. The zero-order valence-corrected chi connectivity index (χ0v) is 19.7. The van der Waals surface area contributed by atoms with Crippen LogP contribution in [-0.4, -0.2) is 36.3 Å². The number of guanidine groups is 2. The maximum Gasteiger partial charge on any atom is 0.264 e. The molecule has 0 amide bonds. The Balaban J connectivity index is 0.000000534. The third kappa shape index (κ3) is 7.97. The molecule has 2 aromatic rings. The first-order chi connectivity index (χ1) is 15.0. The van der Waals surface area contributed by atoms with Crippen molar-refractivity contribution in [2.45, 2.75) is 52.1 Å². The van der Waals surface area contributed by atoms with Crippen molar-refractivity contribution in [1.29, 1.82) is 0 Å². The Morgan fingerprint density at radius 1 is 0.938 bits per heavy atom. The molecule has 0 radical (unpaired) electrons. The number of rotatable bonds is 7. The summed E-state index contributed by atoms with van der Waals surface area (Å²) in [4.78, 5) is 10.4. The van der Waals surface area contributed by atoms with Crippen LogP contribution in [0.15, 0.2) is 64.6 Å². The predicted molar refractivity (Wildman–Crippen MR) is 131 cm³/mol. The van der Waals surface area contributed by atoms with Crippen molar-refractivity contribution in [3.8, 4) is 0 Å². The van der Waals surface area contributed by atoms with Crippen LogP contribution >= 0.6 is 0 Å². The van der Waals surface area contributed by atoms with Crippen LogP contribution in [-0.2, 0) is 23.0 Å². The first kappa shape index (κ1) is 25.4. The van der Waals surface area contributed by atoms with Crippen LogP contribution < -0.4 is 16.4 Å².